The molecule has 0 bridgehead atoms. The molecule has 0 radical (unpaired) electrons. The summed E-state index contributed by atoms with van der Waals surface area (Å²) in [5, 5.41) is 6.13. The van der Waals surface area contributed by atoms with Gasteiger partial charge in [-0.05, 0) is 26.0 Å². The van der Waals surface area contributed by atoms with E-state index in [9.17, 15) is 26.7 Å². The summed E-state index contributed by atoms with van der Waals surface area (Å²) in [6.45, 7) is 3.18. The standard InChI is InChI=1S/C22H25F5N10O/c1-11-8-35(20(38)30-13-4-5-14(29-12(13)2)36-9-21(23,24)10-36)6-7-37(11)18-15-16(22(25,26)27)33-34(3)17(15)31-19(28)32-18/h4-5,11H,6-10H2,1-3H3,(H,30,38)(H2,28,31,32)/t11-/m0/s1. The lowest BCUT2D eigenvalue weighted by molar-refractivity contribution is -0.140. The minimum Gasteiger partial charge on any atom is -0.368 e. The number of nitrogens with zero attached hydrogens (tertiary/aromatic N) is 8. The van der Waals surface area contributed by atoms with Crippen LogP contribution in [0.15, 0.2) is 12.1 Å². The number of carbonyl (C=O) groups is 1. The fourth-order valence-corrected chi connectivity index (χ4v) is 4.73. The van der Waals surface area contributed by atoms with Crippen molar-refractivity contribution in [3.63, 3.8) is 0 Å². The number of piperazine rings is 1. The summed E-state index contributed by atoms with van der Waals surface area (Å²) in [5.74, 6) is -2.51. The van der Waals surface area contributed by atoms with E-state index in [1.54, 1.807) is 30.9 Å². The number of nitrogen functional groups attached to an aromatic ring is 1. The Hall–Kier alpha value is -3.98. The molecule has 16 heteroatoms. The average molecular weight is 541 g/mol. The van der Waals surface area contributed by atoms with Crippen LogP contribution in [0.5, 0.6) is 0 Å². The molecule has 0 aliphatic carbocycles. The van der Waals surface area contributed by atoms with Gasteiger partial charge in [0.2, 0.25) is 5.95 Å². The third-order valence-electron chi connectivity index (χ3n) is 6.62. The second-order valence-corrected chi connectivity index (χ2v) is 9.51. The molecule has 0 unspecified atom stereocenters. The molecule has 0 aromatic carbocycles. The highest BCUT2D eigenvalue weighted by atomic mass is 19.4. The van der Waals surface area contributed by atoms with Crippen LogP contribution in [0.4, 0.5) is 50.0 Å². The minimum absolute atomic E-state index is 0.00712. The first-order valence-corrected chi connectivity index (χ1v) is 11.7. The lowest BCUT2D eigenvalue weighted by Gasteiger charge is -2.41. The van der Waals surface area contributed by atoms with Gasteiger partial charge in [0.25, 0.3) is 5.92 Å². The van der Waals surface area contributed by atoms with Crippen LogP contribution in [0.25, 0.3) is 11.0 Å². The largest absolute Gasteiger partial charge is 0.435 e. The maximum atomic E-state index is 13.7. The predicted octanol–water partition coefficient (Wildman–Crippen LogP) is 2.87. The highest BCUT2D eigenvalue weighted by Gasteiger charge is 2.44. The van der Waals surface area contributed by atoms with Crippen LogP contribution in [-0.2, 0) is 13.2 Å². The number of pyridine rings is 1. The SMILES string of the molecule is Cc1nc(N2CC(F)(F)C2)ccc1NC(=O)N1CCN(c2nc(N)nc3c2c(C(F)(F)F)nn3C)[C@@H](C)C1. The molecule has 0 saturated carbocycles. The van der Waals surface area contributed by atoms with Gasteiger partial charge in [-0.2, -0.15) is 28.2 Å². The van der Waals surface area contributed by atoms with Crippen LogP contribution in [0.3, 0.4) is 0 Å². The lowest BCUT2D eigenvalue weighted by atomic mass is 10.1. The quantitative estimate of drug-likeness (QED) is 0.487. The number of fused-ring (bicyclic) bond motifs is 1. The number of anilines is 4. The maximum Gasteiger partial charge on any atom is 0.435 e. The molecule has 1 atom stereocenters. The third kappa shape index (κ3) is 4.58. The van der Waals surface area contributed by atoms with Gasteiger partial charge in [-0.25, -0.2) is 23.2 Å². The normalized spacial score (nSPS) is 19.6. The lowest BCUT2D eigenvalue weighted by Crippen LogP contribution is -2.56. The van der Waals surface area contributed by atoms with Gasteiger partial charge in [-0.3, -0.25) is 0 Å². The summed E-state index contributed by atoms with van der Waals surface area (Å²) in [4.78, 5) is 30.0. The van der Waals surface area contributed by atoms with E-state index in [4.69, 9.17) is 5.73 Å². The van der Waals surface area contributed by atoms with Crippen molar-refractivity contribution < 1.29 is 26.7 Å². The summed E-state index contributed by atoms with van der Waals surface area (Å²) in [7, 11) is 1.35. The summed E-state index contributed by atoms with van der Waals surface area (Å²) in [6, 6.07) is 2.33. The van der Waals surface area contributed by atoms with E-state index in [2.05, 4.69) is 25.4 Å². The Morgan fingerprint density at radius 2 is 1.87 bits per heavy atom. The van der Waals surface area contributed by atoms with Gasteiger partial charge in [-0.1, -0.05) is 0 Å². The molecule has 2 amide bonds. The van der Waals surface area contributed by atoms with Crippen LogP contribution in [-0.4, -0.2) is 80.4 Å². The molecule has 5 rings (SSSR count). The van der Waals surface area contributed by atoms with Crippen LogP contribution >= 0.6 is 0 Å². The van der Waals surface area contributed by atoms with Gasteiger partial charge in [0, 0.05) is 32.7 Å². The van der Waals surface area contributed by atoms with E-state index in [0.717, 1.165) is 4.68 Å². The number of rotatable bonds is 3. The molecular formula is C22H25F5N10O. The summed E-state index contributed by atoms with van der Waals surface area (Å²) >= 11 is 0. The third-order valence-corrected chi connectivity index (χ3v) is 6.62. The fraction of sp³-hybridized carbons (Fsp3) is 0.500. The average Bonchev–Trinajstić information content (AvgIpc) is 3.15. The topological polar surface area (TPSA) is 121 Å². The predicted molar refractivity (Wildman–Crippen MR) is 129 cm³/mol. The zero-order chi connectivity index (χ0) is 27.6. The van der Waals surface area contributed by atoms with Crippen molar-refractivity contribution in [2.24, 2.45) is 7.05 Å². The van der Waals surface area contributed by atoms with E-state index in [1.165, 1.54) is 16.8 Å². The van der Waals surface area contributed by atoms with Gasteiger partial charge in [0.1, 0.15) is 11.6 Å². The van der Waals surface area contributed by atoms with Gasteiger partial charge < -0.3 is 25.8 Å². The number of aryl methyl sites for hydroxylation is 2. The van der Waals surface area contributed by atoms with E-state index in [1.807, 2.05) is 0 Å². The summed E-state index contributed by atoms with van der Waals surface area (Å²) in [5.41, 5.74) is 5.55. The Labute approximate surface area is 213 Å². The van der Waals surface area contributed by atoms with Crippen molar-refractivity contribution in [1.82, 2.24) is 29.6 Å². The molecule has 3 aromatic heterocycles. The molecule has 204 valence electrons. The first kappa shape index (κ1) is 25.7. The zero-order valence-electron chi connectivity index (χ0n) is 20.7. The number of alkyl halides is 5. The minimum atomic E-state index is -4.73. The maximum absolute atomic E-state index is 13.7. The smallest absolute Gasteiger partial charge is 0.368 e. The molecule has 5 heterocycles. The van der Waals surface area contributed by atoms with Crippen molar-refractivity contribution in [2.45, 2.75) is 32.0 Å². The fourth-order valence-electron chi connectivity index (χ4n) is 4.73. The number of carbonyl (C=O) groups excluding carboxylic acids is 1. The Morgan fingerprint density at radius 3 is 2.47 bits per heavy atom. The molecule has 2 saturated heterocycles. The first-order valence-electron chi connectivity index (χ1n) is 11.7. The molecular weight excluding hydrogens is 515 g/mol. The van der Waals surface area contributed by atoms with E-state index >= 15 is 0 Å². The van der Waals surface area contributed by atoms with E-state index in [0.29, 0.717) is 17.2 Å². The van der Waals surface area contributed by atoms with Crippen molar-refractivity contribution in [3.05, 3.63) is 23.5 Å². The number of nitrogens with two attached hydrogens (primary N) is 1. The number of aromatic nitrogens is 5. The molecule has 2 aliphatic rings. The number of hydrogen-bond acceptors (Lipinski definition) is 8. The molecule has 11 nitrogen and oxygen atoms in total. The highest BCUT2D eigenvalue weighted by Crippen LogP contribution is 2.38. The van der Waals surface area contributed by atoms with Crippen molar-refractivity contribution in [1.29, 1.82) is 0 Å². The Morgan fingerprint density at radius 1 is 1.16 bits per heavy atom. The Kier molecular flexibility index (Phi) is 5.94. The molecule has 0 spiro atoms. The molecule has 38 heavy (non-hydrogen) atoms. The van der Waals surface area contributed by atoms with Gasteiger partial charge in [0.15, 0.2) is 11.3 Å². The van der Waals surface area contributed by atoms with Crippen LogP contribution < -0.4 is 20.9 Å². The van der Waals surface area contributed by atoms with Crippen LogP contribution in [0.2, 0.25) is 0 Å². The second kappa shape index (κ2) is 8.80. The Balaban J connectivity index is 1.31. The number of amides is 2. The second-order valence-electron chi connectivity index (χ2n) is 9.51. The van der Waals surface area contributed by atoms with Gasteiger partial charge in [-0.15, -0.1) is 0 Å². The van der Waals surface area contributed by atoms with Crippen molar-refractivity contribution in [2.75, 3.05) is 53.6 Å². The highest BCUT2D eigenvalue weighted by molar-refractivity contribution is 5.92. The molecule has 2 aliphatic heterocycles. The molecule has 2 fully saturated rings. The molecule has 3 N–H and O–H groups in total. The van der Waals surface area contributed by atoms with Crippen molar-refractivity contribution in [3.8, 4) is 0 Å². The van der Waals surface area contributed by atoms with Gasteiger partial charge in [0.05, 0.1) is 29.9 Å². The first-order chi connectivity index (χ1) is 17.7. The number of nitrogens with one attached hydrogen (secondary N) is 1. The number of hydrogen-bond donors (Lipinski definition) is 2. The number of halogens is 5. The Bertz CT molecular complexity index is 1400. The monoisotopic (exact) mass is 540 g/mol. The zero-order valence-corrected chi connectivity index (χ0v) is 20.7. The van der Waals surface area contributed by atoms with Gasteiger partial charge >= 0.3 is 12.2 Å². The van der Waals surface area contributed by atoms with Crippen LogP contribution in [0, 0.1) is 6.92 Å². The summed E-state index contributed by atoms with van der Waals surface area (Å²) < 4.78 is 68.5. The van der Waals surface area contributed by atoms with E-state index < -0.39 is 43.0 Å². The molecule has 3 aromatic rings. The van der Waals surface area contributed by atoms with Crippen molar-refractivity contribution >= 4 is 40.3 Å². The summed E-state index contributed by atoms with van der Waals surface area (Å²) in [6.07, 6.45) is -4.73. The van der Waals surface area contributed by atoms with E-state index in [-0.39, 0.29) is 42.4 Å². The number of urea groups is 1. The van der Waals surface area contributed by atoms with Crippen LogP contribution in [0.1, 0.15) is 18.3 Å².